The van der Waals surface area contributed by atoms with Gasteiger partial charge in [-0.15, -0.1) is 4.40 Å². The van der Waals surface area contributed by atoms with Crippen LogP contribution < -0.4 is 16.0 Å². The number of sulfonamides is 1. The molecule has 4 rings (SSSR count). The third-order valence-electron chi connectivity index (χ3n) is 4.67. The van der Waals surface area contributed by atoms with Gasteiger partial charge in [-0.05, 0) is 55.8 Å². The highest BCUT2D eigenvalue weighted by atomic mass is 32.2. The lowest BCUT2D eigenvalue weighted by Crippen LogP contribution is -2.45. The molecular formula is C19H20N4O3S. The van der Waals surface area contributed by atoms with Crippen LogP contribution in [0.4, 0.5) is 5.69 Å². The van der Waals surface area contributed by atoms with E-state index in [4.69, 9.17) is 0 Å². The summed E-state index contributed by atoms with van der Waals surface area (Å²) in [4.78, 5) is 12.6. The second kappa shape index (κ2) is 7.13. The SMILES string of the molecule is O=C(NC1CCCNC1)c1ccc(NC2=NS(=O)(=O)c3ccccc32)cc1. The van der Waals surface area contributed by atoms with Crippen LogP contribution in [0.1, 0.15) is 28.8 Å². The summed E-state index contributed by atoms with van der Waals surface area (Å²) in [5.74, 6) is 0.178. The van der Waals surface area contributed by atoms with Gasteiger partial charge in [0, 0.05) is 29.4 Å². The number of fused-ring (bicyclic) bond motifs is 1. The fourth-order valence-electron chi connectivity index (χ4n) is 3.28. The summed E-state index contributed by atoms with van der Waals surface area (Å²) < 4.78 is 28.0. The first-order valence-electron chi connectivity index (χ1n) is 8.86. The van der Waals surface area contributed by atoms with Crippen molar-refractivity contribution in [3.8, 4) is 0 Å². The van der Waals surface area contributed by atoms with Crippen LogP contribution in [-0.4, -0.2) is 39.3 Å². The lowest BCUT2D eigenvalue weighted by molar-refractivity contribution is 0.0930. The standard InChI is InChI=1S/C19H20N4O3S/c24-19(22-15-4-3-11-20-12-15)13-7-9-14(10-8-13)21-18-16-5-1-2-6-17(16)27(25,26)23-18/h1-2,5-10,15,20H,3-4,11-12H2,(H,21,23)(H,22,24). The largest absolute Gasteiger partial charge is 0.348 e. The molecule has 0 radical (unpaired) electrons. The summed E-state index contributed by atoms with van der Waals surface area (Å²) in [7, 11) is -3.66. The smallest absolute Gasteiger partial charge is 0.285 e. The Hall–Kier alpha value is -2.71. The topological polar surface area (TPSA) is 99.7 Å². The highest BCUT2D eigenvalue weighted by molar-refractivity contribution is 7.90. The molecule has 1 unspecified atom stereocenters. The highest BCUT2D eigenvalue weighted by Gasteiger charge is 2.28. The molecule has 0 bridgehead atoms. The Balaban J connectivity index is 1.46. The maximum Gasteiger partial charge on any atom is 0.285 e. The molecule has 1 atom stereocenters. The second-order valence-electron chi connectivity index (χ2n) is 6.63. The van der Waals surface area contributed by atoms with Crippen molar-refractivity contribution in [1.29, 1.82) is 0 Å². The van der Waals surface area contributed by atoms with Gasteiger partial charge in [-0.1, -0.05) is 12.1 Å². The van der Waals surface area contributed by atoms with Gasteiger partial charge in [0.15, 0.2) is 5.84 Å². The van der Waals surface area contributed by atoms with E-state index < -0.39 is 10.0 Å². The first-order chi connectivity index (χ1) is 13.0. The minimum Gasteiger partial charge on any atom is -0.348 e. The number of carbonyl (C=O) groups is 1. The minimum atomic E-state index is -3.66. The fraction of sp³-hybridized carbons (Fsp3) is 0.263. The van der Waals surface area contributed by atoms with Crippen LogP contribution in [0.15, 0.2) is 57.8 Å². The van der Waals surface area contributed by atoms with E-state index in [0.29, 0.717) is 16.8 Å². The number of hydrogen-bond acceptors (Lipinski definition) is 5. The summed E-state index contributed by atoms with van der Waals surface area (Å²) in [5, 5.41) is 9.32. The lowest BCUT2D eigenvalue weighted by Gasteiger charge is -2.23. The minimum absolute atomic E-state index is 0.110. The molecule has 1 saturated heterocycles. The molecule has 0 spiro atoms. The predicted molar refractivity (Wildman–Crippen MR) is 104 cm³/mol. The van der Waals surface area contributed by atoms with E-state index in [1.807, 2.05) is 0 Å². The van der Waals surface area contributed by atoms with Crippen LogP contribution in [0.3, 0.4) is 0 Å². The number of piperidine rings is 1. The van der Waals surface area contributed by atoms with Crippen LogP contribution in [0.2, 0.25) is 0 Å². The second-order valence-corrected chi connectivity index (χ2v) is 8.20. The van der Waals surface area contributed by atoms with Crippen molar-refractivity contribution in [2.24, 2.45) is 4.40 Å². The molecule has 2 heterocycles. The Labute approximate surface area is 157 Å². The molecule has 27 heavy (non-hydrogen) atoms. The third-order valence-corrected chi connectivity index (χ3v) is 6.01. The molecule has 1 amide bonds. The number of amides is 1. The first kappa shape index (κ1) is 17.7. The Bertz CT molecular complexity index is 994. The number of hydrogen-bond donors (Lipinski definition) is 3. The molecule has 2 aromatic rings. The zero-order valence-corrected chi connectivity index (χ0v) is 15.4. The summed E-state index contributed by atoms with van der Waals surface area (Å²) in [6.07, 6.45) is 2.03. The van der Waals surface area contributed by atoms with Gasteiger partial charge in [0.1, 0.15) is 4.90 Å². The molecule has 3 N–H and O–H groups in total. The lowest BCUT2D eigenvalue weighted by atomic mass is 10.1. The number of rotatable bonds is 3. The number of benzene rings is 2. The number of anilines is 1. The van der Waals surface area contributed by atoms with E-state index in [9.17, 15) is 13.2 Å². The van der Waals surface area contributed by atoms with E-state index in [1.54, 1.807) is 42.5 Å². The molecule has 0 aromatic heterocycles. The van der Waals surface area contributed by atoms with Gasteiger partial charge in [-0.3, -0.25) is 4.79 Å². The summed E-state index contributed by atoms with van der Waals surface area (Å²) in [6.45, 7) is 1.79. The van der Waals surface area contributed by atoms with Gasteiger partial charge in [0.05, 0.1) is 0 Å². The fourth-order valence-corrected chi connectivity index (χ4v) is 4.46. The zero-order chi connectivity index (χ0) is 18.9. The number of amidine groups is 1. The molecule has 0 saturated carbocycles. The van der Waals surface area contributed by atoms with Crippen LogP contribution in [0.5, 0.6) is 0 Å². The molecule has 8 heteroatoms. The molecule has 140 valence electrons. The van der Waals surface area contributed by atoms with Gasteiger partial charge in [0.25, 0.3) is 15.9 Å². The van der Waals surface area contributed by atoms with Gasteiger partial charge in [-0.2, -0.15) is 8.42 Å². The average molecular weight is 384 g/mol. The summed E-state index contributed by atoms with van der Waals surface area (Å²) in [6, 6.07) is 13.7. The first-order valence-corrected chi connectivity index (χ1v) is 10.3. The van der Waals surface area contributed by atoms with Gasteiger partial charge < -0.3 is 16.0 Å². The third kappa shape index (κ3) is 3.72. The Morgan fingerprint density at radius 2 is 1.89 bits per heavy atom. The molecule has 1 fully saturated rings. The van der Waals surface area contributed by atoms with Crippen molar-refractivity contribution in [1.82, 2.24) is 10.6 Å². The summed E-state index contributed by atoms with van der Waals surface area (Å²) in [5.41, 5.74) is 1.77. The van der Waals surface area contributed by atoms with Crippen LogP contribution in [0, 0.1) is 0 Å². The van der Waals surface area contributed by atoms with Crippen molar-refractivity contribution in [3.63, 3.8) is 0 Å². The molecule has 7 nitrogen and oxygen atoms in total. The van der Waals surface area contributed by atoms with Gasteiger partial charge in [-0.25, -0.2) is 0 Å². The molecule has 2 aliphatic rings. The van der Waals surface area contributed by atoms with Crippen LogP contribution in [-0.2, 0) is 10.0 Å². The van der Waals surface area contributed by atoms with Crippen molar-refractivity contribution in [2.75, 3.05) is 18.4 Å². The molecular weight excluding hydrogens is 364 g/mol. The number of nitrogens with zero attached hydrogens (tertiary/aromatic N) is 1. The van der Waals surface area contributed by atoms with Crippen LogP contribution in [0.25, 0.3) is 0 Å². The zero-order valence-electron chi connectivity index (χ0n) is 14.6. The molecule has 2 aliphatic heterocycles. The van der Waals surface area contributed by atoms with E-state index >= 15 is 0 Å². The van der Waals surface area contributed by atoms with E-state index in [0.717, 1.165) is 25.9 Å². The highest BCUT2D eigenvalue weighted by Crippen LogP contribution is 2.26. The maximum absolute atomic E-state index is 12.4. The Morgan fingerprint density at radius 3 is 2.63 bits per heavy atom. The summed E-state index contributed by atoms with van der Waals surface area (Å²) >= 11 is 0. The van der Waals surface area contributed by atoms with Crippen molar-refractivity contribution < 1.29 is 13.2 Å². The van der Waals surface area contributed by atoms with Crippen molar-refractivity contribution in [2.45, 2.75) is 23.8 Å². The van der Waals surface area contributed by atoms with Crippen molar-refractivity contribution >= 4 is 27.5 Å². The average Bonchev–Trinajstić information content (AvgIpc) is 2.94. The van der Waals surface area contributed by atoms with E-state index in [1.165, 1.54) is 6.07 Å². The molecule has 2 aromatic carbocycles. The Kier molecular flexibility index (Phi) is 4.67. The van der Waals surface area contributed by atoms with E-state index in [-0.39, 0.29) is 22.7 Å². The van der Waals surface area contributed by atoms with Crippen molar-refractivity contribution in [3.05, 3.63) is 59.7 Å². The normalized spacial score (nSPS) is 20.4. The van der Waals surface area contributed by atoms with Gasteiger partial charge >= 0.3 is 0 Å². The number of carbonyl (C=O) groups excluding carboxylic acids is 1. The van der Waals surface area contributed by atoms with E-state index in [2.05, 4.69) is 20.3 Å². The monoisotopic (exact) mass is 384 g/mol. The number of nitrogens with one attached hydrogen (secondary N) is 3. The van der Waals surface area contributed by atoms with Gasteiger partial charge in [0.2, 0.25) is 0 Å². The predicted octanol–water partition coefficient (Wildman–Crippen LogP) is 1.73. The Morgan fingerprint density at radius 1 is 1.11 bits per heavy atom. The molecule has 0 aliphatic carbocycles. The maximum atomic E-state index is 12.4. The van der Waals surface area contributed by atoms with Crippen LogP contribution >= 0.6 is 0 Å². The quantitative estimate of drug-likeness (QED) is 0.748.